The number of hydrogen-bond acceptors (Lipinski definition) is 0. The van der Waals surface area contributed by atoms with Crippen LogP contribution in [0.25, 0.3) is 11.1 Å². The van der Waals surface area contributed by atoms with Gasteiger partial charge in [-0.2, -0.15) is 0 Å². The van der Waals surface area contributed by atoms with Crippen LogP contribution in [0.3, 0.4) is 0 Å². The van der Waals surface area contributed by atoms with Crippen LogP contribution in [0.15, 0.2) is 48.5 Å². The van der Waals surface area contributed by atoms with Crippen LogP contribution in [-0.2, 0) is 0 Å². The van der Waals surface area contributed by atoms with E-state index in [2.05, 4.69) is 6.92 Å². The third kappa shape index (κ3) is 1.67. The molecule has 0 unspecified atom stereocenters. The van der Waals surface area contributed by atoms with E-state index in [4.69, 9.17) is 0 Å². The summed E-state index contributed by atoms with van der Waals surface area (Å²) < 4.78 is 13.0. The van der Waals surface area contributed by atoms with Gasteiger partial charge in [-0.25, -0.2) is 4.39 Å². The third-order valence-electron chi connectivity index (χ3n) is 2.16. The second-order valence-electron chi connectivity index (χ2n) is 3.17. The molecular formula is C13H10F. The summed E-state index contributed by atoms with van der Waals surface area (Å²) in [4.78, 5) is 0. The Morgan fingerprint density at radius 2 is 1.64 bits per heavy atom. The Bertz CT molecular complexity index is 432. The lowest BCUT2D eigenvalue weighted by Gasteiger charge is -2.05. The average Bonchev–Trinajstić information content (AvgIpc) is 2.23. The fraction of sp³-hybridized carbons (Fsp3) is 0. The van der Waals surface area contributed by atoms with E-state index in [1.807, 2.05) is 30.3 Å². The van der Waals surface area contributed by atoms with Gasteiger partial charge >= 0.3 is 0 Å². The molecule has 0 fully saturated rings. The van der Waals surface area contributed by atoms with Gasteiger partial charge in [-0.1, -0.05) is 36.4 Å². The van der Waals surface area contributed by atoms with E-state index in [-0.39, 0.29) is 5.82 Å². The molecule has 0 saturated carbocycles. The second kappa shape index (κ2) is 3.62. The molecule has 0 nitrogen and oxygen atoms in total. The highest BCUT2D eigenvalue weighted by atomic mass is 19.1. The van der Waals surface area contributed by atoms with E-state index in [9.17, 15) is 4.39 Å². The molecule has 0 bridgehead atoms. The molecule has 0 amide bonds. The maximum atomic E-state index is 13.0. The Morgan fingerprint density at radius 3 is 2.36 bits per heavy atom. The van der Waals surface area contributed by atoms with Crippen molar-refractivity contribution < 1.29 is 4.39 Å². The third-order valence-corrected chi connectivity index (χ3v) is 2.16. The van der Waals surface area contributed by atoms with Crippen LogP contribution in [0.5, 0.6) is 0 Å². The molecule has 0 saturated heterocycles. The Balaban J connectivity index is 2.57. The molecule has 69 valence electrons. The minimum Gasteiger partial charge on any atom is -0.207 e. The lowest BCUT2D eigenvalue weighted by atomic mass is 10.0. The Labute approximate surface area is 83.0 Å². The van der Waals surface area contributed by atoms with Gasteiger partial charge in [0.05, 0.1) is 0 Å². The SMILES string of the molecule is [CH2]c1ccc(F)cc1-c1ccccc1. The minimum absolute atomic E-state index is 0.226. The molecule has 0 heterocycles. The maximum Gasteiger partial charge on any atom is 0.123 e. The highest BCUT2D eigenvalue weighted by Gasteiger charge is 2.01. The van der Waals surface area contributed by atoms with Gasteiger partial charge in [-0.15, -0.1) is 0 Å². The largest absolute Gasteiger partial charge is 0.207 e. The van der Waals surface area contributed by atoms with Crippen LogP contribution in [0.2, 0.25) is 0 Å². The first-order valence-corrected chi connectivity index (χ1v) is 4.44. The van der Waals surface area contributed by atoms with Crippen molar-refractivity contribution in [1.29, 1.82) is 0 Å². The van der Waals surface area contributed by atoms with Gasteiger partial charge in [0.25, 0.3) is 0 Å². The van der Waals surface area contributed by atoms with Crippen LogP contribution in [0, 0.1) is 12.7 Å². The Morgan fingerprint density at radius 1 is 0.929 bits per heavy atom. The first-order chi connectivity index (χ1) is 6.77. The molecule has 0 aliphatic rings. The average molecular weight is 185 g/mol. The smallest absolute Gasteiger partial charge is 0.123 e. The molecule has 0 aliphatic carbocycles. The van der Waals surface area contributed by atoms with Crippen molar-refractivity contribution in [2.75, 3.05) is 0 Å². The van der Waals surface area contributed by atoms with Gasteiger partial charge in [0.15, 0.2) is 0 Å². The first kappa shape index (κ1) is 8.95. The molecule has 2 aromatic carbocycles. The minimum atomic E-state index is -0.226. The van der Waals surface area contributed by atoms with E-state index < -0.39 is 0 Å². The number of halogens is 1. The number of benzene rings is 2. The zero-order chi connectivity index (χ0) is 9.97. The van der Waals surface area contributed by atoms with Crippen LogP contribution in [-0.4, -0.2) is 0 Å². The summed E-state index contributed by atoms with van der Waals surface area (Å²) in [6, 6.07) is 14.3. The van der Waals surface area contributed by atoms with Crippen molar-refractivity contribution >= 4 is 0 Å². The van der Waals surface area contributed by atoms with Gasteiger partial charge in [0.1, 0.15) is 5.82 Å². The van der Waals surface area contributed by atoms with Crippen molar-refractivity contribution in [2.24, 2.45) is 0 Å². The van der Waals surface area contributed by atoms with Crippen LogP contribution < -0.4 is 0 Å². The Kier molecular flexibility index (Phi) is 2.32. The highest BCUT2D eigenvalue weighted by Crippen LogP contribution is 2.23. The van der Waals surface area contributed by atoms with Gasteiger partial charge in [-0.05, 0) is 35.7 Å². The summed E-state index contributed by atoms with van der Waals surface area (Å²) in [5.74, 6) is -0.226. The summed E-state index contributed by atoms with van der Waals surface area (Å²) >= 11 is 0. The van der Waals surface area contributed by atoms with Crippen molar-refractivity contribution in [2.45, 2.75) is 0 Å². The van der Waals surface area contributed by atoms with E-state index in [0.29, 0.717) is 0 Å². The summed E-state index contributed by atoms with van der Waals surface area (Å²) in [7, 11) is 0. The molecule has 0 aromatic heterocycles. The van der Waals surface area contributed by atoms with E-state index in [1.54, 1.807) is 6.07 Å². The van der Waals surface area contributed by atoms with Crippen molar-refractivity contribution in [3.63, 3.8) is 0 Å². The summed E-state index contributed by atoms with van der Waals surface area (Å²) in [6.07, 6.45) is 0. The van der Waals surface area contributed by atoms with Gasteiger partial charge < -0.3 is 0 Å². The summed E-state index contributed by atoms with van der Waals surface area (Å²) in [5.41, 5.74) is 2.69. The molecule has 1 heteroatoms. The van der Waals surface area contributed by atoms with Crippen molar-refractivity contribution in [3.8, 4) is 11.1 Å². The van der Waals surface area contributed by atoms with Crippen LogP contribution in [0.1, 0.15) is 5.56 Å². The van der Waals surface area contributed by atoms with E-state index in [0.717, 1.165) is 16.7 Å². The normalized spacial score (nSPS) is 10.1. The summed E-state index contributed by atoms with van der Waals surface area (Å²) in [6.45, 7) is 3.87. The zero-order valence-corrected chi connectivity index (χ0v) is 7.70. The predicted octanol–water partition coefficient (Wildman–Crippen LogP) is 3.67. The number of hydrogen-bond donors (Lipinski definition) is 0. The zero-order valence-electron chi connectivity index (χ0n) is 7.70. The fourth-order valence-electron chi connectivity index (χ4n) is 1.44. The summed E-state index contributed by atoms with van der Waals surface area (Å²) in [5, 5.41) is 0. The lowest BCUT2D eigenvalue weighted by Crippen LogP contribution is -1.84. The molecule has 0 atom stereocenters. The van der Waals surface area contributed by atoms with E-state index >= 15 is 0 Å². The lowest BCUT2D eigenvalue weighted by molar-refractivity contribution is 0.628. The molecule has 2 rings (SSSR count). The second-order valence-corrected chi connectivity index (χ2v) is 3.17. The van der Waals surface area contributed by atoms with Crippen LogP contribution >= 0.6 is 0 Å². The van der Waals surface area contributed by atoms with Crippen LogP contribution in [0.4, 0.5) is 4.39 Å². The Hall–Kier alpha value is -1.63. The highest BCUT2D eigenvalue weighted by molar-refractivity contribution is 5.68. The monoisotopic (exact) mass is 185 g/mol. The quantitative estimate of drug-likeness (QED) is 0.635. The van der Waals surface area contributed by atoms with Gasteiger partial charge in [0.2, 0.25) is 0 Å². The molecule has 14 heavy (non-hydrogen) atoms. The number of rotatable bonds is 1. The fourth-order valence-corrected chi connectivity index (χ4v) is 1.44. The first-order valence-electron chi connectivity index (χ1n) is 4.44. The van der Waals surface area contributed by atoms with E-state index in [1.165, 1.54) is 12.1 Å². The van der Waals surface area contributed by atoms with Crippen molar-refractivity contribution in [1.82, 2.24) is 0 Å². The molecular weight excluding hydrogens is 175 g/mol. The molecule has 2 aromatic rings. The molecule has 0 N–H and O–H groups in total. The molecule has 0 aliphatic heterocycles. The topological polar surface area (TPSA) is 0 Å². The van der Waals surface area contributed by atoms with Crippen molar-refractivity contribution in [3.05, 3.63) is 66.8 Å². The predicted molar refractivity (Wildman–Crippen MR) is 56.3 cm³/mol. The maximum absolute atomic E-state index is 13.0. The van der Waals surface area contributed by atoms with Gasteiger partial charge in [0, 0.05) is 0 Å². The molecule has 0 spiro atoms. The van der Waals surface area contributed by atoms with Gasteiger partial charge in [-0.3, -0.25) is 0 Å². The standard InChI is InChI=1S/C13H10F/c1-10-7-8-12(14)9-13(10)11-5-3-2-4-6-11/h2-9H,1H2. The molecule has 1 radical (unpaired) electrons.